The number of rotatable bonds is 4. The van der Waals surface area contributed by atoms with Crippen LogP contribution in [0.5, 0.6) is 0 Å². The lowest BCUT2D eigenvalue weighted by Crippen LogP contribution is -2.44. The molecular weight excluding hydrogens is 348 g/mol. The molecule has 2 aliphatic heterocycles. The minimum Gasteiger partial charge on any atom is -0.446 e. The number of nitrogens with zero attached hydrogens (tertiary/aromatic N) is 1. The van der Waals surface area contributed by atoms with Crippen molar-refractivity contribution in [2.24, 2.45) is 5.92 Å². The fourth-order valence-electron chi connectivity index (χ4n) is 4.68. The first-order valence-corrected chi connectivity index (χ1v) is 10.6. The highest BCUT2D eigenvalue weighted by Crippen LogP contribution is 2.36. The first kappa shape index (κ1) is 19.0. The van der Waals surface area contributed by atoms with Gasteiger partial charge in [0.05, 0.1) is 6.04 Å². The minimum absolute atomic E-state index is 0.00296. The van der Waals surface area contributed by atoms with Gasteiger partial charge >= 0.3 is 6.09 Å². The molecule has 2 atom stereocenters. The van der Waals surface area contributed by atoms with Crippen LogP contribution in [0, 0.1) is 5.92 Å². The molecule has 0 radical (unpaired) electrons. The first-order valence-electron chi connectivity index (χ1n) is 10.6. The van der Waals surface area contributed by atoms with E-state index in [4.69, 9.17) is 4.74 Å². The van der Waals surface area contributed by atoms with Crippen molar-refractivity contribution in [3.8, 4) is 0 Å². The fraction of sp³-hybridized carbons (Fsp3) is 0.458. The first-order chi connectivity index (χ1) is 13.8. The van der Waals surface area contributed by atoms with Crippen LogP contribution in [0.25, 0.3) is 0 Å². The molecule has 4 nitrogen and oxygen atoms in total. The lowest BCUT2D eigenvalue weighted by molar-refractivity contribution is 0.0178. The molecule has 0 spiro atoms. The summed E-state index contributed by atoms with van der Waals surface area (Å²) in [6.45, 7) is 4.85. The number of nitrogens with one attached hydrogen (secondary N) is 1. The Balaban J connectivity index is 1.59. The molecule has 4 rings (SSSR count). The van der Waals surface area contributed by atoms with Crippen LogP contribution in [-0.2, 0) is 11.2 Å². The van der Waals surface area contributed by atoms with E-state index >= 15 is 0 Å². The van der Waals surface area contributed by atoms with Gasteiger partial charge in [0.15, 0.2) is 0 Å². The van der Waals surface area contributed by atoms with Gasteiger partial charge in [-0.25, -0.2) is 4.79 Å². The Kier molecular flexibility index (Phi) is 5.96. The van der Waals surface area contributed by atoms with Gasteiger partial charge in [0.1, 0.15) is 6.10 Å². The minimum atomic E-state index is -0.172. The van der Waals surface area contributed by atoms with Gasteiger partial charge in [-0.3, -0.25) is 4.90 Å². The monoisotopic (exact) mass is 378 g/mol. The molecule has 148 valence electrons. The summed E-state index contributed by atoms with van der Waals surface area (Å²) in [4.78, 5) is 15.2. The summed E-state index contributed by atoms with van der Waals surface area (Å²) in [7, 11) is 0. The average Bonchev–Trinajstić information content (AvgIpc) is 2.77. The summed E-state index contributed by atoms with van der Waals surface area (Å²) in [5, 5.41) is 3.40. The van der Waals surface area contributed by atoms with Gasteiger partial charge in [-0.2, -0.15) is 0 Å². The van der Waals surface area contributed by atoms with E-state index in [1.165, 1.54) is 11.1 Å². The van der Waals surface area contributed by atoms with E-state index in [9.17, 15) is 4.79 Å². The maximum absolute atomic E-state index is 13.3. The zero-order valence-corrected chi connectivity index (χ0v) is 16.6. The van der Waals surface area contributed by atoms with Crippen molar-refractivity contribution < 1.29 is 9.53 Å². The molecule has 1 N–H and O–H groups in total. The molecule has 0 bridgehead atoms. The van der Waals surface area contributed by atoms with Crippen molar-refractivity contribution in [1.82, 2.24) is 10.2 Å². The van der Waals surface area contributed by atoms with E-state index in [0.717, 1.165) is 44.3 Å². The third-order valence-corrected chi connectivity index (χ3v) is 6.20. The number of hydrogen-bond donors (Lipinski definition) is 1. The summed E-state index contributed by atoms with van der Waals surface area (Å²) in [6, 6.07) is 18.7. The number of benzene rings is 2. The molecule has 0 saturated carbocycles. The second-order valence-corrected chi connectivity index (χ2v) is 7.87. The Bertz CT molecular complexity index is 786. The molecule has 28 heavy (non-hydrogen) atoms. The van der Waals surface area contributed by atoms with Gasteiger partial charge < -0.3 is 10.1 Å². The van der Waals surface area contributed by atoms with Crippen molar-refractivity contribution in [3.63, 3.8) is 0 Å². The number of ether oxygens (including phenoxy) is 1. The van der Waals surface area contributed by atoms with Crippen LogP contribution in [0.15, 0.2) is 54.6 Å². The number of carbonyl (C=O) groups excluding carboxylic acids is 1. The van der Waals surface area contributed by atoms with E-state index in [0.29, 0.717) is 12.5 Å². The predicted molar refractivity (Wildman–Crippen MR) is 111 cm³/mol. The molecular formula is C24H30N2O2. The lowest BCUT2D eigenvalue weighted by Gasteiger charge is -2.39. The van der Waals surface area contributed by atoms with E-state index in [-0.39, 0.29) is 18.2 Å². The van der Waals surface area contributed by atoms with Gasteiger partial charge in [0, 0.05) is 6.54 Å². The molecule has 1 amide bonds. The molecule has 1 fully saturated rings. The summed E-state index contributed by atoms with van der Waals surface area (Å²) in [5.41, 5.74) is 3.68. The van der Waals surface area contributed by atoms with Crippen molar-refractivity contribution in [2.75, 3.05) is 19.6 Å². The number of piperidine rings is 1. The SMILES string of the molecule is CC[C@H](OC(=O)N1CCc2ccccc2C1c1ccccc1)C1CCNCC1. The van der Waals surface area contributed by atoms with Crippen LogP contribution in [0.4, 0.5) is 4.79 Å². The third kappa shape index (κ3) is 3.93. The Hall–Kier alpha value is -2.33. The second-order valence-electron chi connectivity index (χ2n) is 7.87. The number of amides is 1. The van der Waals surface area contributed by atoms with Crippen LogP contribution in [0.1, 0.15) is 48.9 Å². The van der Waals surface area contributed by atoms with E-state index in [1.54, 1.807) is 0 Å². The van der Waals surface area contributed by atoms with Gasteiger partial charge in [-0.05, 0) is 61.4 Å². The van der Waals surface area contributed by atoms with Gasteiger partial charge in [0.2, 0.25) is 0 Å². The Morgan fingerprint density at radius 2 is 1.82 bits per heavy atom. The average molecular weight is 379 g/mol. The highest BCUT2D eigenvalue weighted by atomic mass is 16.6. The molecule has 0 aromatic heterocycles. The maximum Gasteiger partial charge on any atom is 0.410 e. The van der Waals surface area contributed by atoms with Crippen molar-refractivity contribution in [2.45, 2.75) is 44.8 Å². The van der Waals surface area contributed by atoms with E-state index < -0.39 is 0 Å². The fourth-order valence-corrected chi connectivity index (χ4v) is 4.68. The van der Waals surface area contributed by atoms with E-state index in [1.807, 2.05) is 23.1 Å². The summed E-state index contributed by atoms with van der Waals surface area (Å²) in [6.07, 6.45) is 3.74. The molecule has 1 saturated heterocycles. The van der Waals surface area contributed by atoms with Crippen LogP contribution < -0.4 is 5.32 Å². The quantitative estimate of drug-likeness (QED) is 0.849. The van der Waals surface area contributed by atoms with Gasteiger partial charge in [0.25, 0.3) is 0 Å². The molecule has 2 aromatic carbocycles. The molecule has 4 heteroatoms. The van der Waals surface area contributed by atoms with Crippen molar-refractivity contribution >= 4 is 6.09 Å². The molecule has 1 unspecified atom stereocenters. The zero-order chi connectivity index (χ0) is 19.3. The smallest absolute Gasteiger partial charge is 0.410 e. The van der Waals surface area contributed by atoms with Crippen LogP contribution in [-0.4, -0.2) is 36.7 Å². The van der Waals surface area contributed by atoms with Crippen molar-refractivity contribution in [1.29, 1.82) is 0 Å². The standard InChI is InChI=1S/C24H30N2O2/c1-2-22(19-12-15-25-16-13-19)28-24(27)26-17-14-18-8-6-7-11-21(18)23(26)20-9-4-3-5-10-20/h3-11,19,22-23,25H,2,12-17H2,1H3/t22-,23?/m0/s1. The maximum atomic E-state index is 13.3. The molecule has 2 aromatic rings. The van der Waals surface area contributed by atoms with Crippen LogP contribution in [0.2, 0.25) is 0 Å². The Morgan fingerprint density at radius 1 is 1.11 bits per heavy atom. The van der Waals surface area contributed by atoms with Gasteiger partial charge in [-0.15, -0.1) is 0 Å². The Labute approximate surface area is 167 Å². The van der Waals surface area contributed by atoms with Gasteiger partial charge in [-0.1, -0.05) is 61.5 Å². The molecule has 2 heterocycles. The highest BCUT2D eigenvalue weighted by Gasteiger charge is 2.35. The van der Waals surface area contributed by atoms with Crippen LogP contribution >= 0.6 is 0 Å². The topological polar surface area (TPSA) is 41.6 Å². The van der Waals surface area contributed by atoms with Crippen LogP contribution in [0.3, 0.4) is 0 Å². The second kappa shape index (κ2) is 8.78. The summed E-state index contributed by atoms with van der Waals surface area (Å²) >= 11 is 0. The predicted octanol–water partition coefficient (Wildman–Crippen LogP) is 4.55. The lowest BCUT2D eigenvalue weighted by atomic mass is 9.88. The normalized spacial score (nSPS) is 21.0. The largest absolute Gasteiger partial charge is 0.446 e. The summed E-state index contributed by atoms with van der Waals surface area (Å²) < 4.78 is 6.10. The zero-order valence-electron chi connectivity index (χ0n) is 16.6. The number of carbonyl (C=O) groups is 1. The highest BCUT2D eigenvalue weighted by molar-refractivity contribution is 5.70. The van der Waals surface area contributed by atoms with E-state index in [2.05, 4.69) is 48.6 Å². The number of fused-ring (bicyclic) bond motifs is 1. The molecule has 0 aliphatic carbocycles. The third-order valence-electron chi connectivity index (χ3n) is 6.20. The van der Waals surface area contributed by atoms with Crippen molar-refractivity contribution in [3.05, 3.63) is 71.3 Å². The Morgan fingerprint density at radius 3 is 2.57 bits per heavy atom. The molecule has 2 aliphatic rings. The number of hydrogen-bond acceptors (Lipinski definition) is 3. The summed E-state index contributed by atoms with van der Waals surface area (Å²) in [5.74, 6) is 0.461.